The van der Waals surface area contributed by atoms with Crippen LogP contribution >= 0.6 is 0 Å². The topological polar surface area (TPSA) is 218 Å². The first-order valence-electron chi connectivity index (χ1n) is 27.7. The van der Waals surface area contributed by atoms with Crippen LogP contribution in [0, 0.1) is 0 Å². The number of benzene rings is 1. The normalized spacial score (nSPS) is 14.2. The summed E-state index contributed by atoms with van der Waals surface area (Å²) in [6.07, 6.45) is 2.52. The number of hydrogen-bond donors (Lipinski definition) is 4. The minimum atomic E-state index is -1.33. The van der Waals surface area contributed by atoms with Crippen LogP contribution in [-0.4, -0.2) is 157 Å². The summed E-state index contributed by atoms with van der Waals surface area (Å²) in [5.74, 6) is -1.72. The molecule has 0 saturated heterocycles. The Hall–Kier alpha value is -4.04. The van der Waals surface area contributed by atoms with E-state index in [-0.39, 0.29) is 131 Å². The van der Waals surface area contributed by atoms with Gasteiger partial charge >= 0.3 is 0 Å². The largest absolute Gasteiger partial charge is 0.378 e. The molecule has 0 fully saturated rings. The van der Waals surface area contributed by atoms with E-state index in [9.17, 15) is 28.8 Å². The highest BCUT2D eigenvalue weighted by atomic mass is 16.5. The molecule has 18 heteroatoms. The molecule has 0 radical (unpaired) electrons. The molecule has 18 nitrogen and oxygen atoms in total. The van der Waals surface area contributed by atoms with E-state index < -0.39 is 33.3 Å². The first-order valence-corrected chi connectivity index (χ1v) is 27.7. The van der Waals surface area contributed by atoms with Crippen LogP contribution < -0.4 is 21.3 Å². The minimum absolute atomic E-state index is 0.00277. The summed E-state index contributed by atoms with van der Waals surface area (Å²) in [5.41, 5.74) is -4.80. The summed E-state index contributed by atoms with van der Waals surface area (Å²) in [5, 5.41) is 12.3. The highest BCUT2D eigenvalue weighted by molar-refractivity contribution is 6.21. The second-order valence-electron chi connectivity index (χ2n) is 26.8. The van der Waals surface area contributed by atoms with Crippen molar-refractivity contribution in [3.8, 4) is 0 Å². The highest BCUT2D eigenvalue weighted by Crippen LogP contribution is 2.32. The molecule has 0 spiro atoms. The molecule has 2 rings (SSSR count). The van der Waals surface area contributed by atoms with Crippen LogP contribution in [0.25, 0.3) is 0 Å². The lowest BCUT2D eigenvalue weighted by Crippen LogP contribution is -2.59. The molecule has 1 aliphatic rings. The third kappa shape index (κ3) is 28.6. The van der Waals surface area contributed by atoms with Crippen LogP contribution in [0.4, 0.5) is 0 Å². The second kappa shape index (κ2) is 29.4. The molecule has 77 heavy (non-hydrogen) atoms. The van der Waals surface area contributed by atoms with Gasteiger partial charge in [-0.15, -0.1) is 0 Å². The fourth-order valence-corrected chi connectivity index (χ4v) is 8.15. The van der Waals surface area contributed by atoms with Crippen LogP contribution in [0.5, 0.6) is 0 Å². The summed E-state index contributed by atoms with van der Waals surface area (Å²) >= 11 is 0. The van der Waals surface area contributed by atoms with Gasteiger partial charge in [-0.1, -0.05) is 12.1 Å². The van der Waals surface area contributed by atoms with Crippen LogP contribution in [-0.2, 0) is 52.3 Å². The number of rotatable bonds is 36. The Labute approximate surface area is 462 Å². The Morgan fingerprint density at radius 1 is 0.403 bits per heavy atom. The quantitative estimate of drug-likeness (QED) is 0.0367. The maximum atomic E-state index is 14.2. The van der Waals surface area contributed by atoms with Gasteiger partial charge in [-0.25, -0.2) is 0 Å². The van der Waals surface area contributed by atoms with Gasteiger partial charge in [-0.2, -0.15) is 0 Å². The molecule has 0 aromatic heterocycles. The number of nitrogens with zero attached hydrogens (tertiary/aromatic N) is 1. The van der Waals surface area contributed by atoms with E-state index in [0.717, 1.165) is 0 Å². The number of nitrogens with one attached hydrogen (secondary N) is 4. The Balaban J connectivity index is 2.29. The Morgan fingerprint density at radius 3 is 1.04 bits per heavy atom. The van der Waals surface area contributed by atoms with Gasteiger partial charge in [0.05, 0.1) is 73.2 Å². The maximum Gasteiger partial charge on any atom is 0.262 e. The molecule has 442 valence electrons. The number of amides is 6. The predicted octanol–water partition coefficient (Wildman–Crippen LogP) is 8.40. The van der Waals surface area contributed by atoms with Crippen molar-refractivity contribution in [3.05, 3.63) is 35.4 Å². The van der Waals surface area contributed by atoms with Gasteiger partial charge in [0.1, 0.15) is 5.54 Å². The zero-order valence-electron chi connectivity index (χ0n) is 51.0. The van der Waals surface area contributed by atoms with Crippen LogP contribution in [0.1, 0.15) is 210 Å². The van der Waals surface area contributed by atoms with Crippen molar-refractivity contribution >= 4 is 35.4 Å². The van der Waals surface area contributed by atoms with E-state index in [4.69, 9.17) is 33.2 Å². The summed E-state index contributed by atoms with van der Waals surface area (Å²) in [7, 11) is 0. The average Bonchev–Trinajstić information content (AvgIpc) is 3.51. The van der Waals surface area contributed by atoms with Crippen LogP contribution in [0.2, 0.25) is 0 Å². The van der Waals surface area contributed by atoms with E-state index in [1.807, 2.05) is 132 Å². The van der Waals surface area contributed by atoms with Gasteiger partial charge in [-0.3, -0.25) is 33.7 Å². The number of imide groups is 1. The monoisotopic (exact) mass is 1090 g/mol. The molecule has 0 bridgehead atoms. The van der Waals surface area contributed by atoms with E-state index in [1.54, 1.807) is 24.3 Å². The molecule has 1 heterocycles. The number of hydrogen-bond acceptors (Lipinski definition) is 13. The SMILES string of the molecule is CC(C)(CCOC(C)(C)C)NC(=O)CCOCC(COCCC(=O)NC(C)(C)CCOC(C)(C)C)(COCCC(=O)NC(C)(C)CCOC(C)(C)C)NC(=O)CCC(C)(C)OCCC(C)(C)N1C(=O)c2ccccc2C1=O. The number of carbonyl (C=O) groups is 6. The lowest BCUT2D eigenvalue weighted by molar-refractivity contribution is -0.132. The zero-order chi connectivity index (χ0) is 58.7. The Kier molecular flexibility index (Phi) is 26.4. The van der Waals surface area contributed by atoms with Crippen molar-refractivity contribution < 1.29 is 61.9 Å². The fourth-order valence-electron chi connectivity index (χ4n) is 8.15. The first-order chi connectivity index (χ1) is 35.2. The van der Waals surface area contributed by atoms with E-state index >= 15 is 0 Å². The zero-order valence-corrected chi connectivity index (χ0v) is 51.0. The fraction of sp³-hybridized carbons (Fsp3) is 0.797. The smallest absolute Gasteiger partial charge is 0.262 e. The van der Waals surface area contributed by atoms with Gasteiger partial charge in [0.15, 0.2) is 0 Å². The maximum absolute atomic E-state index is 14.2. The molecular weight excluding hydrogens is 987 g/mol. The van der Waals surface area contributed by atoms with Gasteiger partial charge in [0.25, 0.3) is 11.8 Å². The van der Waals surface area contributed by atoms with Crippen molar-refractivity contribution in [1.29, 1.82) is 0 Å². The lowest BCUT2D eigenvalue weighted by atomic mass is 9.97. The molecule has 0 aliphatic carbocycles. The van der Waals surface area contributed by atoms with Gasteiger partial charge < -0.3 is 54.4 Å². The van der Waals surface area contributed by atoms with Crippen LogP contribution in [0.15, 0.2) is 24.3 Å². The van der Waals surface area contributed by atoms with E-state index in [2.05, 4.69) is 21.3 Å². The van der Waals surface area contributed by atoms with Gasteiger partial charge in [-0.05, 0) is 176 Å². The highest BCUT2D eigenvalue weighted by Gasteiger charge is 2.44. The van der Waals surface area contributed by atoms with Crippen molar-refractivity contribution in [3.63, 3.8) is 0 Å². The summed E-state index contributed by atoms with van der Waals surface area (Å²) in [6, 6.07) is 6.78. The second-order valence-corrected chi connectivity index (χ2v) is 26.8. The molecule has 0 unspecified atom stereocenters. The molecule has 6 amide bonds. The predicted molar refractivity (Wildman–Crippen MR) is 300 cm³/mol. The molecule has 1 aliphatic heterocycles. The van der Waals surface area contributed by atoms with Crippen molar-refractivity contribution in [2.24, 2.45) is 0 Å². The standard InChI is InChI=1S/C59H103N5O13/c1-51(2,3)74-36-29-54(10,11)60-46(66)25-33-71-40-59(41-72-34-26-47(67)61-55(12,13)30-37-75-52(4,5)6,42-73-35-27-48(68)62-56(14,15)31-38-76-53(7,8)9)63-45(65)24-28-58(18,19)77-39-32-57(16,17)64-49(69)43-22-20-21-23-44(43)50(64)70/h20-23H,24-42H2,1-19H3,(H,60,66)(H,61,67)(H,62,68)(H,63,65). The number of ether oxygens (including phenoxy) is 7. The van der Waals surface area contributed by atoms with Crippen LogP contribution in [0.3, 0.4) is 0 Å². The van der Waals surface area contributed by atoms with Crippen molar-refractivity contribution in [1.82, 2.24) is 26.2 Å². The van der Waals surface area contributed by atoms with Gasteiger partial charge in [0, 0.05) is 74.3 Å². The molecule has 0 atom stereocenters. The molecule has 0 saturated carbocycles. The van der Waals surface area contributed by atoms with E-state index in [0.29, 0.717) is 56.6 Å². The summed E-state index contributed by atoms with van der Waals surface area (Å²) < 4.78 is 42.6. The average molecular weight is 1090 g/mol. The molecule has 1 aromatic rings. The van der Waals surface area contributed by atoms with Crippen molar-refractivity contribution in [2.75, 3.05) is 66.1 Å². The Morgan fingerprint density at radius 2 is 0.714 bits per heavy atom. The number of carbonyl (C=O) groups excluding carboxylic acids is 6. The minimum Gasteiger partial charge on any atom is -0.378 e. The number of fused-ring (bicyclic) bond motifs is 1. The first kappa shape index (κ1) is 69.1. The Bertz CT molecular complexity index is 1900. The van der Waals surface area contributed by atoms with Gasteiger partial charge in [0.2, 0.25) is 23.6 Å². The summed E-state index contributed by atoms with van der Waals surface area (Å²) in [6.45, 7) is 38.0. The lowest BCUT2D eigenvalue weighted by Gasteiger charge is -2.36. The summed E-state index contributed by atoms with van der Waals surface area (Å²) in [4.78, 5) is 81.8. The molecular formula is C59H103N5O13. The third-order valence-electron chi connectivity index (χ3n) is 12.7. The van der Waals surface area contributed by atoms with E-state index in [1.165, 1.54) is 4.90 Å². The third-order valence-corrected chi connectivity index (χ3v) is 12.7. The van der Waals surface area contributed by atoms with Crippen molar-refractivity contribution in [2.45, 2.75) is 239 Å². The molecule has 4 N–H and O–H groups in total. The molecule has 1 aromatic carbocycles.